The number of fused-ring (bicyclic) bond motifs is 1. The van der Waals surface area contributed by atoms with E-state index in [-0.39, 0.29) is 17.7 Å². The second-order valence-electron chi connectivity index (χ2n) is 7.83. The van der Waals surface area contributed by atoms with Gasteiger partial charge in [0.15, 0.2) is 5.17 Å². The molecule has 152 valence electrons. The van der Waals surface area contributed by atoms with Gasteiger partial charge in [0.05, 0.1) is 24.6 Å². The number of amides is 1. The van der Waals surface area contributed by atoms with Gasteiger partial charge < -0.3 is 15.8 Å². The highest BCUT2D eigenvalue weighted by atomic mass is 32.2. The number of thioether (sulfide) groups is 1. The first-order valence-electron chi connectivity index (χ1n) is 9.72. The second-order valence-corrected chi connectivity index (χ2v) is 9.73. The third-order valence-corrected chi connectivity index (χ3v) is 7.60. The summed E-state index contributed by atoms with van der Waals surface area (Å²) < 4.78 is 5.94. The monoisotopic (exact) mass is 430 g/mol. The van der Waals surface area contributed by atoms with Crippen molar-refractivity contribution in [3.8, 4) is 0 Å². The molecule has 1 saturated heterocycles. The molecule has 0 spiro atoms. The third kappa shape index (κ3) is 3.64. The molecule has 29 heavy (non-hydrogen) atoms. The summed E-state index contributed by atoms with van der Waals surface area (Å²) in [6.07, 6.45) is 6.63. The number of thiazole rings is 1. The Morgan fingerprint density at radius 2 is 2.21 bits per heavy atom. The van der Waals surface area contributed by atoms with Gasteiger partial charge in [-0.2, -0.15) is 0 Å². The Morgan fingerprint density at radius 1 is 1.34 bits per heavy atom. The quantitative estimate of drug-likeness (QED) is 0.766. The lowest BCUT2D eigenvalue weighted by atomic mass is 9.80. The van der Waals surface area contributed by atoms with Gasteiger partial charge in [-0.1, -0.05) is 11.8 Å². The van der Waals surface area contributed by atoms with Crippen molar-refractivity contribution < 1.29 is 9.53 Å². The highest BCUT2D eigenvalue weighted by molar-refractivity contribution is 8.13. The molecule has 3 atom stereocenters. The minimum Gasteiger partial charge on any atom is -0.379 e. The molecule has 4 heterocycles. The summed E-state index contributed by atoms with van der Waals surface area (Å²) in [7, 11) is 0. The highest BCUT2D eigenvalue weighted by Crippen LogP contribution is 2.47. The first-order valence-corrected chi connectivity index (χ1v) is 11.6. The van der Waals surface area contributed by atoms with E-state index in [1.807, 2.05) is 5.38 Å². The minimum absolute atomic E-state index is 0.194. The first-order chi connectivity index (χ1) is 14.0. The molecule has 0 bridgehead atoms. The summed E-state index contributed by atoms with van der Waals surface area (Å²) >= 11 is 3.06. The Morgan fingerprint density at radius 3 is 2.97 bits per heavy atom. The highest BCUT2D eigenvalue weighted by Gasteiger charge is 2.49. The van der Waals surface area contributed by atoms with E-state index < -0.39 is 5.54 Å². The van der Waals surface area contributed by atoms with Gasteiger partial charge >= 0.3 is 0 Å². The number of carbonyl (C=O) groups excluding carboxylic acids is 1. The fourth-order valence-corrected chi connectivity index (χ4v) is 5.81. The fourth-order valence-electron chi connectivity index (χ4n) is 3.83. The molecular formula is C19H22N6O2S2. The van der Waals surface area contributed by atoms with Gasteiger partial charge in [0, 0.05) is 29.2 Å². The Labute approximate surface area is 176 Å². The van der Waals surface area contributed by atoms with E-state index >= 15 is 0 Å². The van der Waals surface area contributed by atoms with Crippen molar-refractivity contribution in [2.45, 2.75) is 43.7 Å². The van der Waals surface area contributed by atoms with Gasteiger partial charge in [-0.3, -0.25) is 9.78 Å². The zero-order valence-corrected chi connectivity index (χ0v) is 17.6. The van der Waals surface area contributed by atoms with Gasteiger partial charge in [-0.15, -0.1) is 11.3 Å². The lowest BCUT2D eigenvalue weighted by Crippen LogP contribution is -2.49. The van der Waals surface area contributed by atoms with Crippen molar-refractivity contribution in [2.24, 2.45) is 16.6 Å². The number of aliphatic imine (C=N–C) groups is 1. The number of aromatic nitrogens is 3. The normalized spacial score (nSPS) is 29.1. The van der Waals surface area contributed by atoms with Crippen LogP contribution < -0.4 is 11.1 Å². The summed E-state index contributed by atoms with van der Waals surface area (Å²) in [5.41, 5.74) is 6.72. The lowest BCUT2D eigenvalue weighted by Gasteiger charge is -2.44. The fraction of sp³-hybridized carbons (Fsp3) is 0.526. The molecule has 2 aromatic rings. The molecule has 3 aliphatic rings. The van der Waals surface area contributed by atoms with Crippen LogP contribution in [0.5, 0.6) is 0 Å². The SMILES string of the molecule is C[C@H]1C[C@H]2CSC(N)=NC2(c2nc(NC(=O)c3cnc(C4CC4)cn3)cs2)CO1. The van der Waals surface area contributed by atoms with Crippen LogP contribution in [0.1, 0.15) is 53.3 Å². The average Bonchev–Trinajstić information content (AvgIpc) is 3.47. The molecule has 1 unspecified atom stereocenters. The summed E-state index contributed by atoms with van der Waals surface area (Å²) in [6.45, 7) is 2.54. The van der Waals surface area contributed by atoms with E-state index in [4.69, 9.17) is 15.5 Å². The van der Waals surface area contributed by atoms with Crippen molar-refractivity contribution in [2.75, 3.05) is 17.7 Å². The zero-order valence-electron chi connectivity index (χ0n) is 16.0. The van der Waals surface area contributed by atoms with Crippen LogP contribution in [0, 0.1) is 5.92 Å². The molecule has 0 radical (unpaired) electrons. The molecule has 1 saturated carbocycles. The maximum atomic E-state index is 12.5. The van der Waals surface area contributed by atoms with E-state index in [2.05, 4.69) is 27.2 Å². The molecule has 2 fully saturated rings. The predicted molar refractivity (Wildman–Crippen MR) is 113 cm³/mol. The Balaban J connectivity index is 1.35. The number of rotatable bonds is 4. The topological polar surface area (TPSA) is 115 Å². The predicted octanol–water partition coefficient (Wildman–Crippen LogP) is 2.74. The Hall–Kier alpha value is -2.04. The number of nitrogens with zero attached hydrogens (tertiary/aromatic N) is 4. The number of anilines is 1. The molecular weight excluding hydrogens is 408 g/mol. The molecule has 10 heteroatoms. The van der Waals surface area contributed by atoms with Crippen molar-refractivity contribution in [1.82, 2.24) is 15.0 Å². The second kappa shape index (κ2) is 7.33. The Bertz CT molecular complexity index is 958. The number of nitrogens with one attached hydrogen (secondary N) is 1. The van der Waals surface area contributed by atoms with Gasteiger partial charge in [-0.25, -0.2) is 15.0 Å². The van der Waals surface area contributed by atoms with Gasteiger partial charge in [0.1, 0.15) is 22.1 Å². The lowest BCUT2D eigenvalue weighted by molar-refractivity contribution is -0.0466. The van der Waals surface area contributed by atoms with E-state index in [0.29, 0.717) is 29.4 Å². The van der Waals surface area contributed by atoms with Crippen LogP contribution in [-0.2, 0) is 10.3 Å². The molecule has 8 nitrogen and oxygen atoms in total. The summed E-state index contributed by atoms with van der Waals surface area (Å²) in [5, 5.41) is 6.04. The maximum Gasteiger partial charge on any atom is 0.277 e. The number of carbonyl (C=O) groups is 1. The van der Waals surface area contributed by atoms with Crippen LogP contribution in [0.15, 0.2) is 22.8 Å². The van der Waals surface area contributed by atoms with E-state index in [0.717, 1.165) is 35.7 Å². The molecule has 3 N–H and O–H groups in total. The molecule has 1 amide bonds. The van der Waals surface area contributed by atoms with Crippen molar-refractivity contribution in [3.63, 3.8) is 0 Å². The number of amidine groups is 1. The van der Waals surface area contributed by atoms with Gasteiger partial charge in [0.25, 0.3) is 5.91 Å². The summed E-state index contributed by atoms with van der Waals surface area (Å²) in [4.78, 5) is 30.6. The van der Waals surface area contributed by atoms with Gasteiger partial charge in [0.2, 0.25) is 0 Å². The van der Waals surface area contributed by atoms with E-state index in [1.165, 1.54) is 17.5 Å². The zero-order chi connectivity index (χ0) is 20.0. The summed E-state index contributed by atoms with van der Waals surface area (Å²) in [6, 6.07) is 0. The molecule has 5 rings (SSSR count). The van der Waals surface area contributed by atoms with Crippen LogP contribution >= 0.6 is 23.1 Å². The van der Waals surface area contributed by atoms with Crippen molar-refractivity contribution in [1.29, 1.82) is 0 Å². The number of hydrogen-bond donors (Lipinski definition) is 2. The van der Waals surface area contributed by atoms with Crippen molar-refractivity contribution >= 4 is 40.0 Å². The van der Waals surface area contributed by atoms with Crippen LogP contribution in [0.3, 0.4) is 0 Å². The summed E-state index contributed by atoms with van der Waals surface area (Å²) in [5.74, 6) is 1.88. The van der Waals surface area contributed by atoms with Crippen LogP contribution in [0.2, 0.25) is 0 Å². The Kier molecular flexibility index (Phi) is 4.79. The van der Waals surface area contributed by atoms with Crippen LogP contribution in [0.25, 0.3) is 0 Å². The molecule has 1 aliphatic carbocycles. The number of ether oxygens (including phenoxy) is 1. The third-order valence-electron chi connectivity index (χ3n) is 5.64. The minimum atomic E-state index is -0.568. The standard InChI is InChI=1S/C19H22N6O2S2/c1-10-4-12-7-29-18(20)25-19(12,9-27-10)17-24-15(8-28-17)23-16(26)14-6-21-13(5-22-14)11-2-3-11/h5-6,8,10-12H,2-4,7,9H2,1H3,(H2,20,25)(H,23,26)/t10-,12-,19?/m0/s1. The smallest absolute Gasteiger partial charge is 0.277 e. The largest absolute Gasteiger partial charge is 0.379 e. The average molecular weight is 431 g/mol. The van der Waals surface area contributed by atoms with E-state index in [1.54, 1.807) is 18.0 Å². The van der Waals surface area contributed by atoms with Gasteiger partial charge in [-0.05, 0) is 26.2 Å². The van der Waals surface area contributed by atoms with Crippen molar-refractivity contribution in [3.05, 3.63) is 34.2 Å². The molecule has 0 aromatic carbocycles. The first kappa shape index (κ1) is 19.0. The maximum absolute atomic E-state index is 12.5. The number of hydrogen-bond acceptors (Lipinski definition) is 9. The molecule has 2 aliphatic heterocycles. The van der Waals surface area contributed by atoms with E-state index in [9.17, 15) is 4.79 Å². The number of nitrogens with two attached hydrogens (primary N) is 1. The molecule has 2 aromatic heterocycles. The van der Waals surface area contributed by atoms with Crippen LogP contribution in [0.4, 0.5) is 5.82 Å². The van der Waals surface area contributed by atoms with Crippen LogP contribution in [-0.4, -0.2) is 44.5 Å².